The summed E-state index contributed by atoms with van der Waals surface area (Å²) < 4.78 is 5.05. The molecule has 3 heterocycles. The minimum absolute atomic E-state index is 0.0213. The second-order valence-corrected chi connectivity index (χ2v) is 6.21. The fourth-order valence-corrected chi connectivity index (χ4v) is 3.54. The molecule has 0 aromatic carbocycles. The molecular weight excluding hydrogens is 260 g/mol. The lowest BCUT2D eigenvalue weighted by atomic mass is 10.1. The monoisotopic (exact) mass is 280 g/mol. The molecule has 0 radical (unpaired) electrons. The van der Waals surface area contributed by atoms with Crippen LogP contribution in [0.15, 0.2) is 17.5 Å². The minimum Gasteiger partial charge on any atom is -0.464 e. The lowest BCUT2D eigenvalue weighted by Crippen LogP contribution is -2.51. The van der Waals surface area contributed by atoms with E-state index in [2.05, 4.69) is 27.3 Å². The SMILES string of the molecule is O=C1OCCC1N1CCN(CCc2cccs2)CC1. The number of thiophene rings is 1. The van der Waals surface area contributed by atoms with Gasteiger partial charge in [0.05, 0.1) is 6.61 Å². The fraction of sp³-hybridized carbons (Fsp3) is 0.643. The molecule has 0 spiro atoms. The molecule has 2 aliphatic rings. The molecule has 19 heavy (non-hydrogen) atoms. The van der Waals surface area contributed by atoms with Gasteiger partial charge in [0.15, 0.2) is 0 Å². The number of hydrogen-bond donors (Lipinski definition) is 0. The Balaban J connectivity index is 1.43. The lowest BCUT2D eigenvalue weighted by molar-refractivity contribution is -0.142. The summed E-state index contributed by atoms with van der Waals surface area (Å²) in [5.41, 5.74) is 0. The van der Waals surface area contributed by atoms with Crippen molar-refractivity contribution in [2.75, 3.05) is 39.3 Å². The predicted molar refractivity (Wildman–Crippen MR) is 75.4 cm³/mol. The van der Waals surface area contributed by atoms with Gasteiger partial charge in [0, 0.05) is 44.0 Å². The smallest absolute Gasteiger partial charge is 0.323 e. The van der Waals surface area contributed by atoms with Gasteiger partial charge in [-0.05, 0) is 17.9 Å². The van der Waals surface area contributed by atoms with Gasteiger partial charge in [0.2, 0.25) is 0 Å². The van der Waals surface area contributed by atoms with Crippen LogP contribution in [-0.4, -0.2) is 61.1 Å². The molecule has 1 atom stereocenters. The van der Waals surface area contributed by atoms with Crippen molar-refractivity contribution >= 4 is 17.3 Å². The molecule has 4 nitrogen and oxygen atoms in total. The second kappa shape index (κ2) is 6.03. The van der Waals surface area contributed by atoms with Gasteiger partial charge in [-0.15, -0.1) is 11.3 Å². The second-order valence-electron chi connectivity index (χ2n) is 5.18. The highest BCUT2D eigenvalue weighted by Gasteiger charge is 2.33. The van der Waals surface area contributed by atoms with Gasteiger partial charge in [-0.25, -0.2) is 0 Å². The van der Waals surface area contributed by atoms with Crippen LogP contribution in [0.1, 0.15) is 11.3 Å². The normalized spacial score (nSPS) is 25.7. The van der Waals surface area contributed by atoms with Crippen LogP contribution < -0.4 is 0 Å². The molecule has 1 aromatic heterocycles. The molecular formula is C14H20N2O2S. The van der Waals surface area contributed by atoms with Crippen molar-refractivity contribution in [1.29, 1.82) is 0 Å². The summed E-state index contributed by atoms with van der Waals surface area (Å²) in [6, 6.07) is 4.35. The summed E-state index contributed by atoms with van der Waals surface area (Å²) in [5.74, 6) is -0.0213. The molecule has 0 aliphatic carbocycles. The highest BCUT2D eigenvalue weighted by atomic mass is 32.1. The Morgan fingerprint density at radius 3 is 2.79 bits per heavy atom. The number of nitrogens with zero attached hydrogens (tertiary/aromatic N) is 2. The zero-order valence-electron chi connectivity index (χ0n) is 11.1. The first-order valence-electron chi connectivity index (χ1n) is 6.98. The Kier molecular flexibility index (Phi) is 4.15. The third-order valence-corrected chi connectivity index (χ3v) is 4.95. The largest absolute Gasteiger partial charge is 0.464 e. The summed E-state index contributed by atoms with van der Waals surface area (Å²) >= 11 is 1.83. The zero-order valence-corrected chi connectivity index (χ0v) is 11.9. The van der Waals surface area contributed by atoms with Gasteiger partial charge in [-0.3, -0.25) is 9.69 Å². The third kappa shape index (κ3) is 3.16. The molecule has 1 aromatic rings. The van der Waals surface area contributed by atoms with Crippen molar-refractivity contribution < 1.29 is 9.53 Å². The van der Waals surface area contributed by atoms with Crippen molar-refractivity contribution in [2.24, 2.45) is 0 Å². The predicted octanol–water partition coefficient (Wildman–Crippen LogP) is 1.22. The quantitative estimate of drug-likeness (QED) is 0.777. The number of hydrogen-bond acceptors (Lipinski definition) is 5. The molecule has 2 saturated heterocycles. The van der Waals surface area contributed by atoms with Crippen molar-refractivity contribution in [3.05, 3.63) is 22.4 Å². The van der Waals surface area contributed by atoms with E-state index in [1.54, 1.807) is 0 Å². The molecule has 0 N–H and O–H groups in total. The van der Waals surface area contributed by atoms with E-state index in [0.717, 1.165) is 45.6 Å². The molecule has 104 valence electrons. The Bertz CT molecular complexity index is 413. The number of cyclic esters (lactones) is 1. The van der Waals surface area contributed by atoms with Crippen molar-refractivity contribution in [2.45, 2.75) is 18.9 Å². The zero-order chi connectivity index (χ0) is 13.1. The van der Waals surface area contributed by atoms with Gasteiger partial charge in [0.25, 0.3) is 0 Å². The van der Waals surface area contributed by atoms with Gasteiger partial charge in [-0.1, -0.05) is 6.07 Å². The molecule has 0 bridgehead atoms. The Morgan fingerprint density at radius 2 is 2.16 bits per heavy atom. The number of ether oxygens (including phenoxy) is 1. The Morgan fingerprint density at radius 1 is 1.32 bits per heavy atom. The first-order chi connectivity index (χ1) is 9.33. The lowest BCUT2D eigenvalue weighted by Gasteiger charge is -2.36. The van der Waals surface area contributed by atoms with E-state index in [-0.39, 0.29) is 12.0 Å². The number of carbonyl (C=O) groups is 1. The van der Waals surface area contributed by atoms with E-state index in [4.69, 9.17) is 4.74 Å². The van der Waals surface area contributed by atoms with Crippen LogP contribution in [0, 0.1) is 0 Å². The Hall–Kier alpha value is -0.910. The summed E-state index contributed by atoms with van der Waals surface area (Å²) in [4.78, 5) is 17.8. The van der Waals surface area contributed by atoms with Crippen molar-refractivity contribution in [1.82, 2.24) is 9.80 Å². The number of carbonyl (C=O) groups excluding carboxylic acids is 1. The first kappa shape index (κ1) is 13.1. The van der Waals surface area contributed by atoms with Crippen LogP contribution in [-0.2, 0) is 16.0 Å². The maximum atomic E-state index is 11.6. The van der Waals surface area contributed by atoms with Crippen LogP contribution in [0.2, 0.25) is 0 Å². The molecule has 2 fully saturated rings. The van der Waals surface area contributed by atoms with E-state index >= 15 is 0 Å². The minimum atomic E-state index is -0.0213. The fourth-order valence-electron chi connectivity index (χ4n) is 2.84. The first-order valence-corrected chi connectivity index (χ1v) is 7.86. The number of rotatable bonds is 4. The third-order valence-electron chi connectivity index (χ3n) is 4.01. The highest BCUT2D eigenvalue weighted by molar-refractivity contribution is 7.09. The van der Waals surface area contributed by atoms with E-state index in [0.29, 0.717) is 6.61 Å². The van der Waals surface area contributed by atoms with Gasteiger partial charge in [-0.2, -0.15) is 0 Å². The average Bonchev–Trinajstić information content (AvgIpc) is 3.08. The maximum Gasteiger partial charge on any atom is 0.323 e. The van der Waals surface area contributed by atoms with Gasteiger partial charge < -0.3 is 9.64 Å². The summed E-state index contributed by atoms with van der Waals surface area (Å²) in [6.07, 6.45) is 2.01. The van der Waals surface area contributed by atoms with E-state index in [9.17, 15) is 4.79 Å². The number of piperazine rings is 1. The molecule has 0 amide bonds. The summed E-state index contributed by atoms with van der Waals surface area (Å²) in [7, 11) is 0. The average molecular weight is 280 g/mol. The Labute approximate surface area is 118 Å². The van der Waals surface area contributed by atoms with Crippen molar-refractivity contribution in [3.63, 3.8) is 0 Å². The van der Waals surface area contributed by atoms with E-state index in [1.807, 2.05) is 11.3 Å². The maximum absolute atomic E-state index is 11.6. The van der Waals surface area contributed by atoms with E-state index in [1.165, 1.54) is 4.88 Å². The van der Waals surface area contributed by atoms with Gasteiger partial charge in [0.1, 0.15) is 6.04 Å². The molecule has 0 saturated carbocycles. The topological polar surface area (TPSA) is 32.8 Å². The van der Waals surface area contributed by atoms with Crippen LogP contribution in [0.3, 0.4) is 0 Å². The molecule has 1 unspecified atom stereocenters. The van der Waals surface area contributed by atoms with Crippen LogP contribution in [0.4, 0.5) is 0 Å². The van der Waals surface area contributed by atoms with Gasteiger partial charge >= 0.3 is 5.97 Å². The van der Waals surface area contributed by atoms with Crippen LogP contribution in [0.25, 0.3) is 0 Å². The summed E-state index contributed by atoms with van der Waals surface area (Å²) in [5, 5.41) is 2.14. The number of esters is 1. The van der Waals surface area contributed by atoms with E-state index < -0.39 is 0 Å². The molecule has 5 heteroatoms. The summed E-state index contributed by atoms with van der Waals surface area (Å²) in [6.45, 7) is 5.84. The highest BCUT2D eigenvalue weighted by Crippen LogP contribution is 2.17. The standard InChI is InChI=1S/C14H20N2O2S/c17-14-13(4-10-18-14)16-8-6-15(7-9-16)5-3-12-2-1-11-19-12/h1-2,11,13H,3-10H2. The molecule has 2 aliphatic heterocycles. The van der Waals surface area contributed by atoms with Crippen LogP contribution >= 0.6 is 11.3 Å². The van der Waals surface area contributed by atoms with Crippen molar-refractivity contribution in [3.8, 4) is 0 Å². The van der Waals surface area contributed by atoms with Crippen LogP contribution in [0.5, 0.6) is 0 Å². The molecule has 3 rings (SSSR count).